The van der Waals surface area contributed by atoms with Gasteiger partial charge < -0.3 is 9.64 Å². The monoisotopic (exact) mass is 432 g/mol. The molecule has 0 aliphatic carbocycles. The number of benzene rings is 4. The standard InChI is InChI=1S/C29H24N2O2/c1-33-25-19-17-24(18-20-25)31-28(23-15-9-4-10-16-23)27(29(31)32)30-26(21-11-5-2-6-12-21)22-13-7-3-8-14-22/h2-20,27-28H,1H3/t27-,28+/m0/s1. The van der Waals surface area contributed by atoms with E-state index in [1.54, 1.807) is 7.11 Å². The van der Waals surface area contributed by atoms with Crippen molar-refractivity contribution >= 4 is 17.3 Å². The summed E-state index contributed by atoms with van der Waals surface area (Å²) in [6.07, 6.45) is 0. The molecule has 4 heteroatoms. The Morgan fingerprint density at radius 1 is 0.727 bits per heavy atom. The zero-order valence-electron chi connectivity index (χ0n) is 18.3. The molecule has 1 heterocycles. The molecular weight excluding hydrogens is 408 g/mol. The van der Waals surface area contributed by atoms with Gasteiger partial charge in [0.2, 0.25) is 0 Å². The van der Waals surface area contributed by atoms with Crippen LogP contribution in [0.4, 0.5) is 5.69 Å². The molecule has 0 N–H and O–H groups in total. The predicted octanol–water partition coefficient (Wildman–Crippen LogP) is 5.69. The van der Waals surface area contributed by atoms with Crippen LogP contribution < -0.4 is 9.64 Å². The van der Waals surface area contributed by atoms with Crippen LogP contribution in [0.25, 0.3) is 0 Å². The molecule has 0 spiro atoms. The van der Waals surface area contributed by atoms with Gasteiger partial charge in [-0.25, -0.2) is 0 Å². The minimum atomic E-state index is -0.509. The Morgan fingerprint density at radius 2 is 1.24 bits per heavy atom. The van der Waals surface area contributed by atoms with Gasteiger partial charge in [-0.3, -0.25) is 9.79 Å². The van der Waals surface area contributed by atoms with Crippen molar-refractivity contribution in [3.8, 4) is 5.75 Å². The molecule has 1 aliphatic heterocycles. The smallest absolute Gasteiger partial charge is 0.254 e. The molecule has 0 saturated carbocycles. The number of anilines is 1. The lowest BCUT2D eigenvalue weighted by Gasteiger charge is -2.45. The molecule has 0 unspecified atom stereocenters. The third kappa shape index (κ3) is 4.03. The molecule has 2 atom stereocenters. The molecule has 162 valence electrons. The highest BCUT2D eigenvalue weighted by molar-refractivity contribution is 6.15. The van der Waals surface area contributed by atoms with E-state index in [4.69, 9.17) is 9.73 Å². The number of β-lactam (4-membered cyclic amide) rings is 1. The number of carbonyl (C=O) groups excluding carboxylic acids is 1. The summed E-state index contributed by atoms with van der Waals surface area (Å²) in [6, 6.07) is 37.1. The fourth-order valence-corrected chi connectivity index (χ4v) is 4.26. The van der Waals surface area contributed by atoms with Gasteiger partial charge in [0.15, 0.2) is 6.04 Å². The van der Waals surface area contributed by atoms with E-state index in [9.17, 15) is 4.79 Å². The number of aliphatic imine (C=N–C) groups is 1. The third-order valence-electron chi connectivity index (χ3n) is 5.92. The van der Waals surface area contributed by atoms with Gasteiger partial charge in [0.05, 0.1) is 18.9 Å². The van der Waals surface area contributed by atoms with Gasteiger partial charge in [-0.1, -0.05) is 91.0 Å². The molecule has 4 aromatic rings. The largest absolute Gasteiger partial charge is 0.497 e. The zero-order valence-corrected chi connectivity index (χ0v) is 18.3. The van der Waals surface area contributed by atoms with Crippen LogP contribution in [-0.2, 0) is 4.79 Å². The van der Waals surface area contributed by atoms with Crippen LogP contribution in [0.15, 0.2) is 120 Å². The summed E-state index contributed by atoms with van der Waals surface area (Å²) in [5.41, 5.74) is 4.70. The minimum absolute atomic E-state index is 0.0154. The number of hydrogen-bond acceptors (Lipinski definition) is 3. The molecule has 5 rings (SSSR count). The van der Waals surface area contributed by atoms with Crippen LogP contribution in [0.1, 0.15) is 22.7 Å². The van der Waals surface area contributed by atoms with Crippen LogP contribution >= 0.6 is 0 Å². The Balaban J connectivity index is 1.59. The highest BCUT2D eigenvalue weighted by Crippen LogP contribution is 2.41. The molecule has 1 fully saturated rings. The molecule has 33 heavy (non-hydrogen) atoms. The van der Waals surface area contributed by atoms with Crippen molar-refractivity contribution in [3.05, 3.63) is 132 Å². The summed E-state index contributed by atoms with van der Waals surface area (Å²) in [7, 11) is 1.63. The van der Waals surface area contributed by atoms with Crippen LogP contribution in [0, 0.1) is 0 Å². The van der Waals surface area contributed by atoms with E-state index < -0.39 is 6.04 Å². The van der Waals surface area contributed by atoms with E-state index in [1.165, 1.54) is 0 Å². The molecule has 0 radical (unpaired) electrons. The van der Waals surface area contributed by atoms with E-state index in [0.717, 1.165) is 33.8 Å². The fourth-order valence-electron chi connectivity index (χ4n) is 4.26. The second-order valence-electron chi connectivity index (χ2n) is 7.92. The highest BCUT2D eigenvalue weighted by Gasteiger charge is 2.49. The molecule has 1 aliphatic rings. The van der Waals surface area contributed by atoms with Crippen LogP contribution in [-0.4, -0.2) is 24.8 Å². The minimum Gasteiger partial charge on any atom is -0.497 e. The number of methoxy groups -OCH3 is 1. The molecule has 0 aromatic heterocycles. The first kappa shape index (κ1) is 20.7. The van der Waals surface area contributed by atoms with Crippen molar-refractivity contribution in [3.63, 3.8) is 0 Å². The molecule has 1 amide bonds. The normalized spacial score (nSPS) is 17.2. The molecule has 4 nitrogen and oxygen atoms in total. The van der Waals surface area contributed by atoms with Crippen molar-refractivity contribution in [2.75, 3.05) is 12.0 Å². The quantitative estimate of drug-likeness (QED) is 0.290. The van der Waals surface area contributed by atoms with Crippen molar-refractivity contribution in [1.29, 1.82) is 0 Å². The van der Waals surface area contributed by atoms with Crippen molar-refractivity contribution in [1.82, 2.24) is 0 Å². The lowest BCUT2D eigenvalue weighted by atomic mass is 9.87. The van der Waals surface area contributed by atoms with Crippen LogP contribution in [0.5, 0.6) is 5.75 Å². The maximum atomic E-state index is 13.5. The van der Waals surface area contributed by atoms with Crippen molar-refractivity contribution in [2.24, 2.45) is 4.99 Å². The van der Waals surface area contributed by atoms with E-state index in [-0.39, 0.29) is 11.9 Å². The Hall–Kier alpha value is -4.18. The van der Waals surface area contributed by atoms with Crippen LogP contribution in [0.2, 0.25) is 0 Å². The topological polar surface area (TPSA) is 41.9 Å². The van der Waals surface area contributed by atoms with Gasteiger partial charge in [-0.05, 0) is 29.8 Å². The predicted molar refractivity (Wildman–Crippen MR) is 132 cm³/mol. The average molecular weight is 433 g/mol. The first-order valence-corrected chi connectivity index (χ1v) is 11.0. The maximum Gasteiger partial charge on any atom is 0.254 e. The van der Waals surface area contributed by atoms with E-state index in [1.807, 2.05) is 108 Å². The second-order valence-corrected chi connectivity index (χ2v) is 7.92. The SMILES string of the molecule is COc1ccc(N2C(=O)[C@@H](N=C(c3ccccc3)c3ccccc3)[C@H]2c2ccccc2)cc1. The summed E-state index contributed by atoms with van der Waals surface area (Å²) in [4.78, 5) is 20.4. The zero-order chi connectivity index (χ0) is 22.6. The summed E-state index contributed by atoms with van der Waals surface area (Å²) in [5.74, 6) is 0.742. The Morgan fingerprint density at radius 3 is 1.76 bits per heavy atom. The number of amides is 1. The Bertz CT molecular complexity index is 1210. The molecule has 0 bridgehead atoms. The first-order valence-electron chi connectivity index (χ1n) is 11.0. The molecule has 1 saturated heterocycles. The number of rotatable bonds is 6. The molecular formula is C29H24N2O2. The van der Waals surface area contributed by atoms with Gasteiger partial charge >= 0.3 is 0 Å². The van der Waals surface area contributed by atoms with E-state index in [0.29, 0.717) is 0 Å². The number of nitrogens with zero attached hydrogens (tertiary/aromatic N) is 2. The Kier molecular flexibility index (Phi) is 5.73. The van der Waals surface area contributed by atoms with Crippen LogP contribution in [0.3, 0.4) is 0 Å². The first-order chi connectivity index (χ1) is 16.3. The summed E-state index contributed by atoms with van der Waals surface area (Å²) in [6.45, 7) is 0. The van der Waals surface area contributed by atoms with Crippen molar-refractivity contribution in [2.45, 2.75) is 12.1 Å². The Labute approximate surface area is 193 Å². The van der Waals surface area contributed by atoms with Crippen molar-refractivity contribution < 1.29 is 9.53 Å². The second kappa shape index (κ2) is 9.13. The lowest BCUT2D eigenvalue weighted by Crippen LogP contribution is -2.58. The van der Waals surface area contributed by atoms with Gasteiger partial charge in [0.1, 0.15) is 5.75 Å². The van der Waals surface area contributed by atoms with Gasteiger partial charge in [-0.15, -0.1) is 0 Å². The lowest BCUT2D eigenvalue weighted by molar-refractivity contribution is -0.126. The highest BCUT2D eigenvalue weighted by atomic mass is 16.5. The van der Waals surface area contributed by atoms with E-state index >= 15 is 0 Å². The van der Waals surface area contributed by atoms with Gasteiger partial charge in [-0.2, -0.15) is 0 Å². The summed E-state index contributed by atoms with van der Waals surface area (Å²) >= 11 is 0. The molecule has 4 aromatic carbocycles. The van der Waals surface area contributed by atoms with Gasteiger partial charge in [0.25, 0.3) is 5.91 Å². The summed E-state index contributed by atoms with van der Waals surface area (Å²) < 4.78 is 5.29. The maximum absolute atomic E-state index is 13.5. The number of carbonyl (C=O) groups is 1. The number of ether oxygens (including phenoxy) is 1. The van der Waals surface area contributed by atoms with Gasteiger partial charge in [0, 0.05) is 16.8 Å². The third-order valence-corrected chi connectivity index (χ3v) is 5.92. The fraction of sp³-hybridized carbons (Fsp3) is 0.103. The number of hydrogen-bond donors (Lipinski definition) is 0. The van der Waals surface area contributed by atoms with E-state index in [2.05, 4.69) is 12.1 Å². The average Bonchev–Trinajstić information content (AvgIpc) is 2.89. The summed E-state index contributed by atoms with van der Waals surface area (Å²) in [5, 5.41) is 0.